The highest BCUT2D eigenvalue weighted by atomic mass is 35.5. The van der Waals surface area contributed by atoms with Gasteiger partial charge < -0.3 is 9.84 Å². The molecule has 114 valence electrons. The Kier molecular flexibility index (Phi) is 4.91. The van der Waals surface area contributed by atoms with Crippen LogP contribution < -0.4 is 4.74 Å². The zero-order valence-electron chi connectivity index (χ0n) is 12.7. The molecule has 1 atom stereocenters. The van der Waals surface area contributed by atoms with Crippen molar-refractivity contribution in [3.8, 4) is 5.75 Å². The van der Waals surface area contributed by atoms with E-state index in [-0.39, 0.29) is 12.1 Å². The number of ether oxygens (including phenoxy) is 1. The lowest BCUT2D eigenvalue weighted by atomic mass is 10.1. The van der Waals surface area contributed by atoms with Gasteiger partial charge in [0, 0.05) is 6.04 Å². The Balaban J connectivity index is 2.36. The van der Waals surface area contributed by atoms with Crippen LogP contribution in [-0.2, 0) is 0 Å². The fourth-order valence-corrected chi connectivity index (χ4v) is 2.44. The number of benzene rings is 1. The van der Waals surface area contributed by atoms with Crippen LogP contribution in [0.5, 0.6) is 5.75 Å². The van der Waals surface area contributed by atoms with Crippen molar-refractivity contribution in [1.29, 1.82) is 0 Å². The van der Waals surface area contributed by atoms with Gasteiger partial charge in [-0.2, -0.15) is 5.10 Å². The van der Waals surface area contributed by atoms with E-state index in [0.717, 1.165) is 11.3 Å². The van der Waals surface area contributed by atoms with Crippen molar-refractivity contribution in [1.82, 2.24) is 9.78 Å². The molecule has 0 aliphatic heterocycles. The number of rotatable bonds is 5. The van der Waals surface area contributed by atoms with Crippen LogP contribution in [0.1, 0.15) is 51.1 Å². The van der Waals surface area contributed by atoms with E-state index in [2.05, 4.69) is 5.10 Å². The van der Waals surface area contributed by atoms with Gasteiger partial charge in [-0.3, -0.25) is 4.68 Å². The minimum absolute atomic E-state index is 0.0853. The molecule has 0 fully saturated rings. The van der Waals surface area contributed by atoms with Crippen molar-refractivity contribution >= 4 is 11.6 Å². The van der Waals surface area contributed by atoms with Crippen molar-refractivity contribution in [2.75, 3.05) is 0 Å². The minimum atomic E-state index is -0.835. The number of hydrogen-bond donors (Lipinski definition) is 1. The van der Waals surface area contributed by atoms with Crippen LogP contribution in [-0.4, -0.2) is 21.0 Å². The van der Waals surface area contributed by atoms with Gasteiger partial charge in [-0.1, -0.05) is 23.7 Å². The van der Waals surface area contributed by atoms with Crippen LogP contribution in [0.4, 0.5) is 0 Å². The molecule has 1 unspecified atom stereocenters. The molecule has 1 aromatic carbocycles. The van der Waals surface area contributed by atoms with E-state index in [4.69, 9.17) is 16.3 Å². The van der Waals surface area contributed by atoms with E-state index in [1.54, 1.807) is 10.9 Å². The molecule has 0 saturated heterocycles. The number of aliphatic hydroxyl groups excluding tert-OH is 1. The van der Waals surface area contributed by atoms with Crippen LogP contribution >= 0.6 is 11.6 Å². The monoisotopic (exact) mass is 308 g/mol. The van der Waals surface area contributed by atoms with Gasteiger partial charge in [-0.25, -0.2) is 0 Å². The molecule has 0 aliphatic rings. The van der Waals surface area contributed by atoms with Crippen molar-refractivity contribution < 1.29 is 9.84 Å². The summed E-state index contributed by atoms with van der Waals surface area (Å²) in [5, 5.41) is 15.3. The molecule has 2 rings (SSSR count). The maximum Gasteiger partial charge on any atom is 0.122 e. The second kappa shape index (κ2) is 6.50. The van der Waals surface area contributed by atoms with E-state index in [9.17, 15) is 5.11 Å². The molecule has 1 N–H and O–H groups in total. The molecule has 1 heterocycles. The quantitative estimate of drug-likeness (QED) is 0.908. The minimum Gasteiger partial charge on any atom is -0.491 e. The van der Waals surface area contributed by atoms with Crippen molar-refractivity contribution in [2.24, 2.45) is 0 Å². The van der Waals surface area contributed by atoms with Crippen molar-refractivity contribution in [2.45, 2.75) is 45.9 Å². The third-order valence-corrected chi connectivity index (χ3v) is 3.37. The maximum absolute atomic E-state index is 10.6. The predicted molar refractivity (Wildman–Crippen MR) is 83.9 cm³/mol. The molecule has 0 radical (unpaired) electrons. The molecular weight excluding hydrogens is 288 g/mol. The Morgan fingerprint density at radius 2 is 1.95 bits per heavy atom. The summed E-state index contributed by atoms with van der Waals surface area (Å²) in [6, 6.07) is 7.54. The molecule has 0 amide bonds. The topological polar surface area (TPSA) is 47.3 Å². The first kappa shape index (κ1) is 15.9. The average Bonchev–Trinajstić information content (AvgIpc) is 2.79. The maximum atomic E-state index is 10.6. The number of aliphatic hydroxyl groups is 1. The fourth-order valence-electron chi connectivity index (χ4n) is 2.21. The third-order valence-electron chi connectivity index (χ3n) is 3.08. The molecule has 0 spiro atoms. The number of halogens is 1. The normalized spacial score (nSPS) is 13.0. The summed E-state index contributed by atoms with van der Waals surface area (Å²) in [7, 11) is 0. The highest BCUT2D eigenvalue weighted by molar-refractivity contribution is 6.31. The van der Waals surface area contributed by atoms with Gasteiger partial charge in [0.1, 0.15) is 11.9 Å². The molecule has 0 saturated carbocycles. The van der Waals surface area contributed by atoms with Crippen LogP contribution in [0.25, 0.3) is 0 Å². The van der Waals surface area contributed by atoms with E-state index in [0.29, 0.717) is 10.7 Å². The summed E-state index contributed by atoms with van der Waals surface area (Å²) in [5.41, 5.74) is 1.34. The molecule has 21 heavy (non-hydrogen) atoms. The Labute approximate surface area is 130 Å². The van der Waals surface area contributed by atoms with Gasteiger partial charge in [0.25, 0.3) is 0 Å². The molecule has 4 nitrogen and oxygen atoms in total. The summed E-state index contributed by atoms with van der Waals surface area (Å²) in [6.45, 7) is 7.93. The smallest absolute Gasteiger partial charge is 0.122 e. The molecule has 2 aromatic rings. The SMILES string of the molecule is CC(C)Oc1cccc(C(O)c2c(Cl)cnn2C(C)C)c1. The molecular formula is C16H21ClN2O2. The van der Waals surface area contributed by atoms with E-state index < -0.39 is 6.10 Å². The summed E-state index contributed by atoms with van der Waals surface area (Å²) < 4.78 is 7.40. The molecule has 0 bridgehead atoms. The second-order valence-electron chi connectivity index (χ2n) is 5.56. The Bertz CT molecular complexity index is 608. The van der Waals surface area contributed by atoms with Gasteiger partial charge in [-0.05, 0) is 45.4 Å². The molecule has 5 heteroatoms. The van der Waals surface area contributed by atoms with Gasteiger partial charge >= 0.3 is 0 Å². The van der Waals surface area contributed by atoms with Gasteiger partial charge in [0.15, 0.2) is 0 Å². The third kappa shape index (κ3) is 3.57. The van der Waals surface area contributed by atoms with Gasteiger partial charge in [0.2, 0.25) is 0 Å². The second-order valence-corrected chi connectivity index (χ2v) is 5.96. The largest absolute Gasteiger partial charge is 0.491 e. The lowest BCUT2D eigenvalue weighted by Crippen LogP contribution is -2.13. The van der Waals surface area contributed by atoms with Crippen LogP contribution in [0.3, 0.4) is 0 Å². The summed E-state index contributed by atoms with van der Waals surface area (Å²) in [6.07, 6.45) is 0.814. The van der Waals surface area contributed by atoms with E-state index >= 15 is 0 Å². The zero-order valence-corrected chi connectivity index (χ0v) is 13.5. The van der Waals surface area contributed by atoms with Crippen LogP contribution in [0.15, 0.2) is 30.5 Å². The van der Waals surface area contributed by atoms with Crippen molar-refractivity contribution in [3.05, 3.63) is 46.7 Å². The van der Waals surface area contributed by atoms with E-state index in [1.165, 1.54) is 0 Å². The van der Waals surface area contributed by atoms with Gasteiger partial charge in [0.05, 0.1) is 23.0 Å². The highest BCUT2D eigenvalue weighted by Crippen LogP contribution is 2.31. The van der Waals surface area contributed by atoms with Crippen LogP contribution in [0, 0.1) is 0 Å². The first-order valence-corrected chi connectivity index (χ1v) is 7.45. The predicted octanol–water partition coefficient (Wildman–Crippen LogP) is 3.99. The fraction of sp³-hybridized carbons (Fsp3) is 0.438. The Hall–Kier alpha value is -1.52. The average molecular weight is 309 g/mol. The highest BCUT2D eigenvalue weighted by Gasteiger charge is 2.21. The van der Waals surface area contributed by atoms with Crippen molar-refractivity contribution in [3.63, 3.8) is 0 Å². The van der Waals surface area contributed by atoms with Gasteiger partial charge in [-0.15, -0.1) is 0 Å². The zero-order chi connectivity index (χ0) is 15.6. The molecule has 0 aliphatic carbocycles. The summed E-state index contributed by atoms with van der Waals surface area (Å²) in [4.78, 5) is 0. The summed E-state index contributed by atoms with van der Waals surface area (Å²) in [5.74, 6) is 0.730. The van der Waals surface area contributed by atoms with E-state index in [1.807, 2.05) is 52.0 Å². The lowest BCUT2D eigenvalue weighted by molar-refractivity contribution is 0.203. The Morgan fingerprint density at radius 1 is 1.24 bits per heavy atom. The number of aromatic nitrogens is 2. The number of nitrogens with zero attached hydrogens (tertiary/aromatic N) is 2. The van der Waals surface area contributed by atoms with Crippen LogP contribution in [0.2, 0.25) is 5.02 Å². The lowest BCUT2D eigenvalue weighted by Gasteiger charge is -2.18. The first-order valence-electron chi connectivity index (χ1n) is 7.07. The first-order chi connectivity index (χ1) is 9.90. The Morgan fingerprint density at radius 3 is 2.57 bits per heavy atom. The standard InChI is InChI=1S/C16H21ClN2O2/c1-10(2)19-15(14(17)9-18-19)16(20)12-6-5-7-13(8-12)21-11(3)4/h5-11,16,20H,1-4H3. The number of hydrogen-bond acceptors (Lipinski definition) is 3. The summed E-state index contributed by atoms with van der Waals surface area (Å²) >= 11 is 6.18. The molecule has 1 aromatic heterocycles.